The molecule has 1 aromatic carbocycles. The summed E-state index contributed by atoms with van der Waals surface area (Å²) in [6.07, 6.45) is 1.18. The second-order valence-corrected chi connectivity index (χ2v) is 7.88. The van der Waals surface area contributed by atoms with Crippen molar-refractivity contribution < 1.29 is 24.6 Å². The summed E-state index contributed by atoms with van der Waals surface area (Å²) >= 11 is 0. The topological polar surface area (TPSA) is 142 Å². The first-order valence-electron chi connectivity index (χ1n) is 9.92. The van der Waals surface area contributed by atoms with Crippen LogP contribution in [0.3, 0.4) is 0 Å². The van der Waals surface area contributed by atoms with Gasteiger partial charge in [-0.05, 0) is 36.0 Å². The van der Waals surface area contributed by atoms with Crippen LogP contribution in [-0.4, -0.2) is 46.1 Å². The number of benzene rings is 1. The Bertz CT molecular complexity index is 690. The van der Waals surface area contributed by atoms with E-state index >= 15 is 0 Å². The highest BCUT2D eigenvalue weighted by molar-refractivity contribution is 5.92. The van der Waals surface area contributed by atoms with Crippen molar-refractivity contribution in [2.45, 2.75) is 65.1 Å². The normalized spacial score (nSPS) is 15.2. The van der Waals surface area contributed by atoms with Gasteiger partial charge in [0.1, 0.15) is 17.8 Å². The minimum atomic E-state index is -1.13. The van der Waals surface area contributed by atoms with E-state index in [9.17, 15) is 24.6 Å². The molecule has 0 aliphatic carbocycles. The second kappa shape index (κ2) is 11.4. The zero-order valence-electron chi connectivity index (χ0n) is 17.5. The highest BCUT2D eigenvalue weighted by atomic mass is 16.4. The summed E-state index contributed by atoms with van der Waals surface area (Å²) in [5.41, 5.74) is 6.63. The van der Waals surface area contributed by atoms with Gasteiger partial charge in [-0.3, -0.25) is 9.59 Å². The van der Waals surface area contributed by atoms with Gasteiger partial charge in [0.25, 0.3) is 0 Å². The second-order valence-electron chi connectivity index (χ2n) is 7.88. The quantitative estimate of drug-likeness (QED) is 0.375. The van der Waals surface area contributed by atoms with E-state index in [-0.39, 0.29) is 24.0 Å². The predicted octanol–water partition coefficient (Wildman–Crippen LogP) is 1.41. The summed E-state index contributed by atoms with van der Waals surface area (Å²) in [4.78, 5) is 36.9. The first-order valence-corrected chi connectivity index (χ1v) is 9.92. The molecular formula is C21H33N3O5. The maximum absolute atomic E-state index is 12.9. The maximum atomic E-state index is 12.9. The molecular weight excluding hydrogens is 374 g/mol. The zero-order valence-corrected chi connectivity index (χ0v) is 17.5. The van der Waals surface area contributed by atoms with Crippen LogP contribution in [-0.2, 0) is 20.8 Å². The summed E-state index contributed by atoms with van der Waals surface area (Å²) in [6, 6.07) is 3.42. The minimum absolute atomic E-state index is 0.0838. The lowest BCUT2D eigenvalue weighted by Crippen LogP contribution is -2.56. The largest absolute Gasteiger partial charge is 0.508 e. The number of nitrogens with one attached hydrogen (secondary N) is 2. The van der Waals surface area contributed by atoms with Crippen molar-refractivity contribution >= 4 is 17.8 Å². The average molecular weight is 408 g/mol. The molecule has 8 nitrogen and oxygen atoms in total. The monoisotopic (exact) mass is 407 g/mol. The molecule has 4 atom stereocenters. The molecule has 29 heavy (non-hydrogen) atoms. The molecule has 0 heterocycles. The molecule has 0 saturated carbocycles. The number of carbonyl (C=O) groups excluding carboxylic acids is 2. The third-order valence-corrected chi connectivity index (χ3v) is 4.85. The molecule has 0 spiro atoms. The highest BCUT2D eigenvalue weighted by Gasteiger charge is 2.30. The Morgan fingerprint density at radius 2 is 1.62 bits per heavy atom. The molecule has 0 aromatic heterocycles. The van der Waals surface area contributed by atoms with E-state index in [0.717, 1.165) is 0 Å². The maximum Gasteiger partial charge on any atom is 0.326 e. The Labute approximate surface area is 171 Å². The summed E-state index contributed by atoms with van der Waals surface area (Å²) in [5.74, 6) is -2.16. The average Bonchev–Trinajstić information content (AvgIpc) is 2.65. The molecule has 162 valence electrons. The van der Waals surface area contributed by atoms with Gasteiger partial charge in [-0.15, -0.1) is 0 Å². The molecule has 1 aromatic rings. The Hall–Kier alpha value is -2.61. The lowest BCUT2D eigenvalue weighted by molar-refractivity contribution is -0.143. The third-order valence-electron chi connectivity index (χ3n) is 4.85. The summed E-state index contributed by atoms with van der Waals surface area (Å²) < 4.78 is 0. The standard InChI is InChI=1S/C21H33N3O5/c1-5-13(4)18(21(28)29)24-20(27)17(11-14-6-8-15(25)9-7-14)23-19(26)16(22)10-12(2)3/h6-9,12-13,16-18,25H,5,10-11,22H2,1-4H3,(H,23,26)(H,24,27)(H,28,29)/t13-,16-,17-,18-/m0/s1. The molecule has 1 rings (SSSR count). The van der Waals surface area contributed by atoms with E-state index in [2.05, 4.69) is 10.6 Å². The first-order chi connectivity index (χ1) is 13.5. The number of phenolic OH excluding ortho intramolecular Hbond substituents is 1. The molecule has 6 N–H and O–H groups in total. The predicted molar refractivity (Wildman–Crippen MR) is 110 cm³/mol. The van der Waals surface area contributed by atoms with Gasteiger partial charge in [-0.25, -0.2) is 4.79 Å². The van der Waals surface area contributed by atoms with Crippen molar-refractivity contribution in [2.75, 3.05) is 0 Å². The molecule has 8 heteroatoms. The van der Waals surface area contributed by atoms with Crippen molar-refractivity contribution in [3.05, 3.63) is 29.8 Å². The van der Waals surface area contributed by atoms with Gasteiger partial charge >= 0.3 is 5.97 Å². The summed E-state index contributed by atoms with van der Waals surface area (Å²) in [7, 11) is 0. The summed E-state index contributed by atoms with van der Waals surface area (Å²) in [5, 5.41) is 24.1. The van der Waals surface area contributed by atoms with E-state index in [0.29, 0.717) is 18.4 Å². The van der Waals surface area contributed by atoms with Gasteiger partial charge in [0.05, 0.1) is 6.04 Å². The number of aliphatic carboxylic acids is 1. The molecule has 0 aliphatic heterocycles. The fourth-order valence-electron chi connectivity index (χ4n) is 2.91. The van der Waals surface area contributed by atoms with Gasteiger partial charge in [0.15, 0.2) is 0 Å². The Morgan fingerprint density at radius 3 is 2.10 bits per heavy atom. The van der Waals surface area contributed by atoms with Crippen LogP contribution in [0.5, 0.6) is 5.75 Å². The Kier molecular flexibility index (Phi) is 9.61. The van der Waals surface area contributed by atoms with Crippen LogP contribution in [0.2, 0.25) is 0 Å². The van der Waals surface area contributed by atoms with Crippen LogP contribution in [0.25, 0.3) is 0 Å². The number of amides is 2. The van der Waals surface area contributed by atoms with Crippen LogP contribution in [0.4, 0.5) is 0 Å². The smallest absolute Gasteiger partial charge is 0.326 e. The number of carboxylic acids is 1. The van der Waals surface area contributed by atoms with Gasteiger partial charge in [-0.2, -0.15) is 0 Å². The minimum Gasteiger partial charge on any atom is -0.508 e. The van der Waals surface area contributed by atoms with Crippen molar-refractivity contribution in [1.82, 2.24) is 10.6 Å². The number of carbonyl (C=O) groups is 3. The number of hydrogen-bond donors (Lipinski definition) is 5. The van der Waals surface area contributed by atoms with Crippen molar-refractivity contribution in [3.63, 3.8) is 0 Å². The molecule has 0 fully saturated rings. The molecule has 2 amide bonds. The van der Waals surface area contributed by atoms with E-state index < -0.39 is 35.9 Å². The number of carboxylic acid groups (broad SMARTS) is 1. The van der Waals surface area contributed by atoms with Crippen molar-refractivity contribution in [1.29, 1.82) is 0 Å². The zero-order chi connectivity index (χ0) is 22.1. The highest BCUT2D eigenvalue weighted by Crippen LogP contribution is 2.13. The number of rotatable bonds is 11. The molecule has 0 unspecified atom stereocenters. The van der Waals surface area contributed by atoms with E-state index in [1.54, 1.807) is 19.1 Å². The van der Waals surface area contributed by atoms with Crippen LogP contribution < -0.4 is 16.4 Å². The van der Waals surface area contributed by atoms with E-state index in [1.165, 1.54) is 12.1 Å². The number of nitrogens with two attached hydrogens (primary N) is 1. The lowest BCUT2D eigenvalue weighted by Gasteiger charge is -2.25. The Balaban J connectivity index is 3.01. The SMILES string of the molecule is CC[C@H](C)[C@H](NC(=O)[C@H](Cc1ccc(O)cc1)NC(=O)[C@@H](N)CC(C)C)C(=O)O. The summed E-state index contributed by atoms with van der Waals surface area (Å²) in [6.45, 7) is 7.47. The van der Waals surface area contributed by atoms with E-state index in [4.69, 9.17) is 5.73 Å². The Morgan fingerprint density at radius 1 is 1.03 bits per heavy atom. The van der Waals surface area contributed by atoms with Gasteiger partial charge < -0.3 is 26.6 Å². The van der Waals surface area contributed by atoms with Gasteiger partial charge in [0, 0.05) is 6.42 Å². The molecule has 0 radical (unpaired) electrons. The molecule has 0 bridgehead atoms. The van der Waals surface area contributed by atoms with Crippen molar-refractivity contribution in [2.24, 2.45) is 17.6 Å². The number of hydrogen-bond acceptors (Lipinski definition) is 5. The van der Waals surface area contributed by atoms with Gasteiger partial charge in [-0.1, -0.05) is 46.2 Å². The number of aromatic hydroxyl groups is 1. The molecule has 0 saturated heterocycles. The molecule has 0 aliphatic rings. The van der Waals surface area contributed by atoms with E-state index in [1.807, 2.05) is 20.8 Å². The number of phenols is 1. The third kappa shape index (κ3) is 8.11. The first kappa shape index (κ1) is 24.4. The van der Waals surface area contributed by atoms with Crippen molar-refractivity contribution in [3.8, 4) is 5.75 Å². The lowest BCUT2D eigenvalue weighted by atomic mass is 9.97. The van der Waals surface area contributed by atoms with Crippen LogP contribution in [0.1, 0.15) is 46.1 Å². The van der Waals surface area contributed by atoms with Crippen LogP contribution >= 0.6 is 0 Å². The van der Waals surface area contributed by atoms with Gasteiger partial charge in [0.2, 0.25) is 11.8 Å². The fourth-order valence-corrected chi connectivity index (χ4v) is 2.91. The van der Waals surface area contributed by atoms with Crippen LogP contribution in [0.15, 0.2) is 24.3 Å². The van der Waals surface area contributed by atoms with Crippen LogP contribution in [0, 0.1) is 11.8 Å². The fraction of sp³-hybridized carbons (Fsp3) is 0.571.